The topological polar surface area (TPSA) is 70.6 Å². The van der Waals surface area contributed by atoms with Gasteiger partial charge in [0.25, 0.3) is 0 Å². The van der Waals surface area contributed by atoms with Crippen molar-refractivity contribution in [3.63, 3.8) is 0 Å². The van der Waals surface area contributed by atoms with Crippen molar-refractivity contribution in [2.75, 3.05) is 19.0 Å². The van der Waals surface area contributed by atoms with Crippen LogP contribution in [0.5, 0.6) is 5.75 Å². The maximum absolute atomic E-state index is 13.7. The smallest absolute Gasteiger partial charge is 0.319 e. The number of benzene rings is 2. The monoisotopic (exact) mass is 332 g/mol. The number of hydrogen-bond donors (Lipinski definition) is 3. The molecule has 0 spiro atoms. The molecule has 2 rings (SSSR count). The fourth-order valence-corrected chi connectivity index (χ4v) is 2.37. The summed E-state index contributed by atoms with van der Waals surface area (Å²) < 4.78 is 18.5. The lowest BCUT2D eigenvalue weighted by Crippen LogP contribution is -2.32. The summed E-state index contributed by atoms with van der Waals surface area (Å²) in [5.74, 6) is -0.429. The van der Waals surface area contributed by atoms with Crippen LogP contribution in [0.3, 0.4) is 0 Å². The van der Waals surface area contributed by atoms with E-state index >= 15 is 0 Å². The molecule has 2 aromatic rings. The molecule has 1 atom stereocenters. The van der Waals surface area contributed by atoms with Crippen molar-refractivity contribution in [1.29, 1.82) is 0 Å². The van der Waals surface area contributed by atoms with Gasteiger partial charge in [0.15, 0.2) is 11.6 Å². The molecule has 3 N–H and O–H groups in total. The van der Waals surface area contributed by atoms with Crippen LogP contribution in [0.2, 0.25) is 0 Å². The Balaban J connectivity index is 2.03. The number of urea groups is 1. The normalized spacial score (nSPS) is 11.6. The number of aliphatic hydroxyl groups is 1. The Morgan fingerprint density at radius 3 is 2.62 bits per heavy atom. The summed E-state index contributed by atoms with van der Waals surface area (Å²) in [4.78, 5) is 12.2. The largest absolute Gasteiger partial charge is 0.494 e. The number of methoxy groups -OCH3 is 1. The highest BCUT2D eigenvalue weighted by Crippen LogP contribution is 2.21. The van der Waals surface area contributed by atoms with Crippen molar-refractivity contribution in [1.82, 2.24) is 5.32 Å². The van der Waals surface area contributed by atoms with Gasteiger partial charge in [-0.25, -0.2) is 9.18 Å². The number of amides is 2. The van der Waals surface area contributed by atoms with E-state index in [9.17, 15) is 9.18 Å². The highest BCUT2D eigenvalue weighted by molar-refractivity contribution is 5.89. The number of ether oxygens (including phenoxy) is 1. The van der Waals surface area contributed by atoms with Gasteiger partial charge in [-0.2, -0.15) is 0 Å². The van der Waals surface area contributed by atoms with Crippen LogP contribution in [0.15, 0.2) is 48.5 Å². The lowest BCUT2D eigenvalue weighted by molar-refractivity contribution is 0.244. The maximum atomic E-state index is 13.7. The molecule has 2 aromatic carbocycles. The second-order valence-electron chi connectivity index (χ2n) is 5.28. The van der Waals surface area contributed by atoms with Crippen molar-refractivity contribution in [2.24, 2.45) is 0 Å². The van der Waals surface area contributed by atoms with Crippen molar-refractivity contribution in [3.05, 3.63) is 59.9 Å². The Kier molecular flexibility index (Phi) is 6.57. The first kappa shape index (κ1) is 17.7. The Labute approximate surface area is 140 Å². The zero-order chi connectivity index (χ0) is 17.4. The second kappa shape index (κ2) is 8.88. The van der Waals surface area contributed by atoms with E-state index in [1.807, 2.05) is 30.3 Å². The van der Waals surface area contributed by atoms with Gasteiger partial charge in [0.2, 0.25) is 0 Å². The molecule has 0 radical (unpaired) electrons. The molecule has 5 nitrogen and oxygen atoms in total. The van der Waals surface area contributed by atoms with E-state index in [4.69, 9.17) is 9.84 Å². The van der Waals surface area contributed by atoms with Crippen molar-refractivity contribution in [3.8, 4) is 5.75 Å². The average molecular weight is 332 g/mol. The lowest BCUT2D eigenvalue weighted by atomic mass is 10.0. The molecule has 0 aromatic heterocycles. The van der Waals surface area contributed by atoms with E-state index < -0.39 is 11.8 Å². The standard InChI is InChI=1S/C18H21FN2O3/c1-24-17-10-9-14(12-15(17)19)20-18(23)21-16(8-5-11-22)13-6-3-2-4-7-13/h2-4,6-7,9-10,12,16,22H,5,8,11H2,1H3,(H2,20,21,23)/t16-/m1/s1. The van der Waals surface area contributed by atoms with Crippen LogP contribution in [-0.2, 0) is 0 Å². The molecule has 2 amide bonds. The molecule has 0 saturated heterocycles. The van der Waals surface area contributed by atoms with Crippen LogP contribution in [0.25, 0.3) is 0 Å². The third-order valence-corrected chi connectivity index (χ3v) is 3.57. The van der Waals surface area contributed by atoms with Crippen molar-refractivity contribution in [2.45, 2.75) is 18.9 Å². The summed E-state index contributed by atoms with van der Waals surface area (Å²) in [6.07, 6.45) is 1.17. The van der Waals surface area contributed by atoms with E-state index in [0.717, 1.165) is 5.56 Å². The van der Waals surface area contributed by atoms with E-state index in [-0.39, 0.29) is 18.4 Å². The van der Waals surface area contributed by atoms with Crippen molar-refractivity contribution < 1.29 is 19.0 Å². The van der Waals surface area contributed by atoms with Gasteiger partial charge in [0.1, 0.15) is 0 Å². The van der Waals surface area contributed by atoms with Crippen LogP contribution in [0.4, 0.5) is 14.9 Å². The van der Waals surface area contributed by atoms with Crippen LogP contribution >= 0.6 is 0 Å². The van der Waals surface area contributed by atoms with Gasteiger partial charge in [-0.1, -0.05) is 30.3 Å². The van der Waals surface area contributed by atoms with Gasteiger partial charge in [0, 0.05) is 18.4 Å². The van der Waals surface area contributed by atoms with Crippen LogP contribution in [-0.4, -0.2) is 24.9 Å². The minimum atomic E-state index is -0.546. The van der Waals surface area contributed by atoms with Gasteiger partial charge in [-0.15, -0.1) is 0 Å². The molecule has 0 aliphatic rings. The molecule has 0 bridgehead atoms. The van der Waals surface area contributed by atoms with E-state index in [2.05, 4.69) is 10.6 Å². The molecule has 0 aliphatic carbocycles. The SMILES string of the molecule is COc1ccc(NC(=O)N[C@H](CCCO)c2ccccc2)cc1F. The lowest BCUT2D eigenvalue weighted by Gasteiger charge is -2.19. The number of aliphatic hydroxyl groups excluding tert-OH is 1. The highest BCUT2D eigenvalue weighted by Gasteiger charge is 2.14. The Hall–Kier alpha value is -2.60. The summed E-state index contributed by atoms with van der Waals surface area (Å²) in [6, 6.07) is 13.0. The number of hydrogen-bond acceptors (Lipinski definition) is 3. The van der Waals surface area contributed by atoms with Gasteiger partial charge in [-0.05, 0) is 30.5 Å². The molecule has 0 unspecified atom stereocenters. The number of anilines is 1. The zero-order valence-electron chi connectivity index (χ0n) is 13.5. The van der Waals surface area contributed by atoms with E-state index in [1.165, 1.54) is 19.2 Å². The summed E-state index contributed by atoms with van der Waals surface area (Å²) in [5.41, 5.74) is 1.28. The summed E-state index contributed by atoms with van der Waals surface area (Å²) in [7, 11) is 1.38. The van der Waals surface area contributed by atoms with Crippen LogP contribution < -0.4 is 15.4 Å². The molecule has 0 aliphatic heterocycles. The number of rotatable bonds is 7. The van der Waals surface area contributed by atoms with E-state index in [1.54, 1.807) is 6.07 Å². The predicted molar refractivity (Wildman–Crippen MR) is 90.6 cm³/mol. The first-order valence-corrected chi connectivity index (χ1v) is 7.71. The van der Waals surface area contributed by atoms with Gasteiger partial charge in [-0.3, -0.25) is 0 Å². The first-order chi connectivity index (χ1) is 11.6. The second-order valence-corrected chi connectivity index (χ2v) is 5.28. The molecule has 24 heavy (non-hydrogen) atoms. The quantitative estimate of drug-likeness (QED) is 0.727. The Morgan fingerprint density at radius 1 is 1.25 bits per heavy atom. The van der Waals surface area contributed by atoms with Crippen molar-refractivity contribution >= 4 is 11.7 Å². The maximum Gasteiger partial charge on any atom is 0.319 e. The average Bonchev–Trinajstić information content (AvgIpc) is 2.59. The molecule has 0 heterocycles. The fourth-order valence-electron chi connectivity index (χ4n) is 2.37. The number of halogens is 1. The minimum Gasteiger partial charge on any atom is -0.494 e. The third-order valence-electron chi connectivity index (χ3n) is 3.57. The molecule has 0 fully saturated rings. The Morgan fingerprint density at radius 2 is 2.00 bits per heavy atom. The summed E-state index contributed by atoms with van der Waals surface area (Å²) in [5, 5.41) is 14.5. The predicted octanol–water partition coefficient (Wildman–Crippen LogP) is 3.47. The Bertz CT molecular complexity index is 665. The summed E-state index contributed by atoms with van der Waals surface area (Å²) in [6.45, 7) is 0.0519. The first-order valence-electron chi connectivity index (χ1n) is 7.71. The molecular formula is C18H21FN2O3. The van der Waals surface area contributed by atoms with Crippen LogP contribution in [0.1, 0.15) is 24.4 Å². The van der Waals surface area contributed by atoms with Gasteiger partial charge < -0.3 is 20.5 Å². The van der Waals surface area contributed by atoms with Crippen LogP contribution in [0, 0.1) is 5.82 Å². The zero-order valence-corrected chi connectivity index (χ0v) is 13.5. The number of nitrogens with one attached hydrogen (secondary N) is 2. The minimum absolute atomic E-state index is 0.0519. The van der Waals surface area contributed by atoms with Gasteiger partial charge in [0.05, 0.1) is 13.2 Å². The third kappa shape index (κ3) is 4.96. The molecule has 0 saturated carbocycles. The number of carbonyl (C=O) groups is 1. The highest BCUT2D eigenvalue weighted by atomic mass is 19.1. The summed E-state index contributed by atoms with van der Waals surface area (Å²) >= 11 is 0. The fraction of sp³-hybridized carbons (Fsp3) is 0.278. The molecule has 128 valence electrons. The van der Waals surface area contributed by atoms with Gasteiger partial charge >= 0.3 is 6.03 Å². The number of carbonyl (C=O) groups excluding carboxylic acids is 1. The van der Waals surface area contributed by atoms with E-state index in [0.29, 0.717) is 18.5 Å². The molecular weight excluding hydrogens is 311 g/mol. The molecule has 6 heteroatoms.